The second kappa shape index (κ2) is 5.55. The van der Waals surface area contributed by atoms with Crippen LogP contribution in [0.1, 0.15) is 31.7 Å². The number of alkyl halides is 2. The van der Waals surface area contributed by atoms with E-state index in [1.165, 1.54) is 5.56 Å². The Labute approximate surface area is 111 Å². The minimum atomic E-state index is -2.30. The Kier molecular flexibility index (Phi) is 4.02. The molecule has 1 aromatic rings. The van der Waals surface area contributed by atoms with Gasteiger partial charge in [0.2, 0.25) is 6.43 Å². The zero-order valence-corrected chi connectivity index (χ0v) is 11.1. The number of aliphatic imine (C=N–C) groups is 1. The fourth-order valence-corrected chi connectivity index (χ4v) is 1.95. The van der Waals surface area contributed by atoms with Gasteiger partial charge in [-0.25, -0.2) is 13.8 Å². The van der Waals surface area contributed by atoms with Crippen LogP contribution in [-0.2, 0) is 0 Å². The minimum Gasteiger partial charge on any atom is -0.370 e. The van der Waals surface area contributed by atoms with Crippen molar-refractivity contribution in [3.8, 4) is 0 Å². The third-order valence-electron chi connectivity index (χ3n) is 3.26. The Bertz CT molecular complexity index is 472. The van der Waals surface area contributed by atoms with Crippen molar-refractivity contribution < 1.29 is 8.78 Å². The lowest BCUT2D eigenvalue weighted by Crippen LogP contribution is -2.23. The summed E-state index contributed by atoms with van der Waals surface area (Å²) in [5.74, 6) is 0.00274. The molecule has 0 aromatic heterocycles. The highest BCUT2D eigenvalue weighted by Gasteiger charge is 2.44. The molecule has 3 nitrogen and oxygen atoms in total. The topological polar surface area (TPSA) is 50.4 Å². The molecule has 0 aliphatic heterocycles. The van der Waals surface area contributed by atoms with Gasteiger partial charge >= 0.3 is 0 Å². The lowest BCUT2D eigenvalue weighted by Gasteiger charge is -2.09. The van der Waals surface area contributed by atoms with Crippen LogP contribution in [0.25, 0.3) is 0 Å². The molecule has 1 aromatic carbocycles. The fraction of sp³-hybridized carbons (Fsp3) is 0.500. The average molecular weight is 267 g/mol. The zero-order chi connectivity index (χ0) is 14.0. The Morgan fingerprint density at radius 3 is 2.74 bits per heavy atom. The molecule has 2 atom stereocenters. The van der Waals surface area contributed by atoms with Crippen LogP contribution in [-0.4, -0.2) is 18.4 Å². The van der Waals surface area contributed by atoms with Crippen molar-refractivity contribution >= 4 is 11.6 Å². The molecule has 2 rings (SSSR count). The molecular weight excluding hydrogens is 248 g/mol. The largest absolute Gasteiger partial charge is 0.370 e. The van der Waals surface area contributed by atoms with Gasteiger partial charge in [-0.1, -0.05) is 26.0 Å². The van der Waals surface area contributed by atoms with E-state index in [-0.39, 0.29) is 12.0 Å². The molecule has 0 unspecified atom stereocenters. The number of hydrogen-bond donors (Lipinski definition) is 2. The Balaban J connectivity index is 1.97. The molecular formula is C14H19F2N3. The SMILES string of the molecule is CC(C)c1cccc(NC(N)=N[C@H]2C[C@@H]2C(F)F)c1. The first-order chi connectivity index (χ1) is 8.97. The average Bonchev–Trinajstić information content (AvgIpc) is 3.08. The van der Waals surface area contributed by atoms with Crippen LogP contribution in [0.2, 0.25) is 0 Å². The number of guanidine groups is 1. The van der Waals surface area contributed by atoms with Crippen LogP contribution in [0.3, 0.4) is 0 Å². The van der Waals surface area contributed by atoms with E-state index in [4.69, 9.17) is 5.73 Å². The number of anilines is 1. The molecule has 0 radical (unpaired) electrons. The van der Waals surface area contributed by atoms with Crippen molar-refractivity contribution in [3.05, 3.63) is 29.8 Å². The molecule has 5 heteroatoms. The monoisotopic (exact) mass is 267 g/mol. The van der Waals surface area contributed by atoms with Crippen LogP contribution in [0.5, 0.6) is 0 Å². The van der Waals surface area contributed by atoms with Gasteiger partial charge in [-0.15, -0.1) is 0 Å². The molecule has 0 spiro atoms. The smallest absolute Gasteiger partial charge is 0.243 e. The number of hydrogen-bond acceptors (Lipinski definition) is 1. The predicted octanol–water partition coefficient (Wildman–Crippen LogP) is 3.19. The first-order valence-electron chi connectivity index (χ1n) is 6.45. The Morgan fingerprint density at radius 2 is 2.16 bits per heavy atom. The highest BCUT2D eigenvalue weighted by molar-refractivity contribution is 5.92. The van der Waals surface area contributed by atoms with E-state index >= 15 is 0 Å². The van der Waals surface area contributed by atoms with E-state index in [1.807, 2.05) is 24.3 Å². The van der Waals surface area contributed by atoms with Crippen molar-refractivity contribution in [2.24, 2.45) is 16.6 Å². The zero-order valence-electron chi connectivity index (χ0n) is 11.1. The normalized spacial score (nSPS) is 22.9. The lowest BCUT2D eigenvalue weighted by atomic mass is 10.0. The van der Waals surface area contributed by atoms with Gasteiger partial charge in [0, 0.05) is 11.6 Å². The third kappa shape index (κ3) is 3.66. The van der Waals surface area contributed by atoms with Crippen LogP contribution in [0.4, 0.5) is 14.5 Å². The second-order valence-electron chi connectivity index (χ2n) is 5.22. The fourth-order valence-electron chi connectivity index (χ4n) is 1.95. The van der Waals surface area contributed by atoms with E-state index in [0.717, 1.165) is 5.69 Å². The van der Waals surface area contributed by atoms with Crippen LogP contribution in [0, 0.1) is 5.92 Å². The van der Waals surface area contributed by atoms with E-state index in [9.17, 15) is 8.78 Å². The van der Waals surface area contributed by atoms with Gasteiger partial charge in [0.15, 0.2) is 5.96 Å². The summed E-state index contributed by atoms with van der Waals surface area (Å²) >= 11 is 0. The highest BCUT2D eigenvalue weighted by Crippen LogP contribution is 2.38. The number of halogens is 2. The molecule has 1 fully saturated rings. The van der Waals surface area contributed by atoms with Gasteiger partial charge in [0.1, 0.15) is 0 Å². The summed E-state index contributed by atoms with van der Waals surface area (Å²) in [7, 11) is 0. The highest BCUT2D eigenvalue weighted by atomic mass is 19.3. The van der Waals surface area contributed by atoms with Crippen molar-refractivity contribution in [2.45, 2.75) is 38.7 Å². The van der Waals surface area contributed by atoms with Crippen molar-refractivity contribution in [1.29, 1.82) is 0 Å². The Morgan fingerprint density at radius 1 is 1.42 bits per heavy atom. The van der Waals surface area contributed by atoms with Gasteiger partial charge in [0.05, 0.1) is 6.04 Å². The molecule has 104 valence electrons. The van der Waals surface area contributed by atoms with E-state index < -0.39 is 12.3 Å². The molecule has 1 saturated carbocycles. The van der Waals surface area contributed by atoms with Gasteiger partial charge < -0.3 is 11.1 Å². The second-order valence-corrected chi connectivity index (χ2v) is 5.22. The standard InChI is InChI=1S/C14H19F2N3/c1-8(2)9-4-3-5-10(6-9)18-14(17)19-12-7-11(12)13(15)16/h3-6,8,11-13H,7H2,1-2H3,(H3,17,18,19)/t11-,12-/m0/s1. The number of rotatable bonds is 4. The summed E-state index contributed by atoms with van der Waals surface area (Å²) in [5.41, 5.74) is 7.75. The molecule has 0 saturated heterocycles. The molecule has 1 aliphatic carbocycles. The van der Waals surface area contributed by atoms with Crippen molar-refractivity contribution in [1.82, 2.24) is 0 Å². The first kappa shape index (κ1) is 13.8. The van der Waals surface area contributed by atoms with Crippen LogP contribution < -0.4 is 11.1 Å². The summed E-state index contributed by atoms with van der Waals surface area (Å²) in [6, 6.07) is 7.51. The van der Waals surface area contributed by atoms with Gasteiger partial charge in [0.25, 0.3) is 0 Å². The van der Waals surface area contributed by atoms with Crippen molar-refractivity contribution in [2.75, 3.05) is 5.32 Å². The van der Waals surface area contributed by atoms with Crippen LogP contribution in [0.15, 0.2) is 29.3 Å². The number of nitrogens with one attached hydrogen (secondary N) is 1. The maximum absolute atomic E-state index is 12.4. The number of benzene rings is 1. The quantitative estimate of drug-likeness (QED) is 0.650. The molecule has 0 amide bonds. The van der Waals surface area contributed by atoms with E-state index in [1.54, 1.807) is 0 Å². The summed E-state index contributed by atoms with van der Waals surface area (Å²) in [4.78, 5) is 4.06. The minimum absolute atomic E-state index is 0.203. The Hall–Kier alpha value is -1.65. The predicted molar refractivity (Wildman–Crippen MR) is 73.7 cm³/mol. The number of nitrogens with zero attached hydrogens (tertiary/aromatic N) is 1. The molecule has 0 bridgehead atoms. The maximum Gasteiger partial charge on any atom is 0.243 e. The van der Waals surface area contributed by atoms with Gasteiger partial charge in [-0.2, -0.15) is 0 Å². The maximum atomic E-state index is 12.4. The van der Waals surface area contributed by atoms with Crippen molar-refractivity contribution in [3.63, 3.8) is 0 Å². The lowest BCUT2D eigenvalue weighted by molar-refractivity contribution is 0.121. The molecule has 0 heterocycles. The molecule has 19 heavy (non-hydrogen) atoms. The van der Waals surface area contributed by atoms with Crippen LogP contribution >= 0.6 is 0 Å². The van der Waals surface area contributed by atoms with Gasteiger partial charge in [-0.3, -0.25) is 0 Å². The van der Waals surface area contributed by atoms with E-state index in [0.29, 0.717) is 12.3 Å². The molecule has 1 aliphatic rings. The molecule has 3 N–H and O–H groups in total. The van der Waals surface area contributed by atoms with Gasteiger partial charge in [-0.05, 0) is 30.0 Å². The third-order valence-corrected chi connectivity index (χ3v) is 3.26. The summed E-state index contributed by atoms with van der Waals surface area (Å²) < 4.78 is 24.7. The first-order valence-corrected chi connectivity index (χ1v) is 6.45. The number of nitrogens with two attached hydrogens (primary N) is 1. The summed E-state index contributed by atoms with van der Waals surface area (Å²) in [6.07, 6.45) is -1.88. The summed E-state index contributed by atoms with van der Waals surface area (Å²) in [5, 5.41) is 2.95. The summed E-state index contributed by atoms with van der Waals surface area (Å²) in [6.45, 7) is 4.21. The van der Waals surface area contributed by atoms with E-state index in [2.05, 4.69) is 24.2 Å².